The summed E-state index contributed by atoms with van der Waals surface area (Å²) in [6, 6.07) is 5.60. The van der Waals surface area contributed by atoms with E-state index in [9.17, 15) is 18.8 Å². The number of anilines is 1. The fourth-order valence-electron chi connectivity index (χ4n) is 3.96. The van der Waals surface area contributed by atoms with Gasteiger partial charge in [0, 0.05) is 23.0 Å². The fourth-order valence-corrected chi connectivity index (χ4v) is 4.69. The molecular weight excluding hydrogens is 431 g/mol. The molecule has 9 heteroatoms. The Morgan fingerprint density at radius 2 is 1.75 bits per heavy atom. The van der Waals surface area contributed by atoms with Crippen LogP contribution in [0.1, 0.15) is 61.0 Å². The number of thiazole rings is 1. The van der Waals surface area contributed by atoms with Crippen LogP contribution in [-0.2, 0) is 16.0 Å². The van der Waals surface area contributed by atoms with Gasteiger partial charge < -0.3 is 15.5 Å². The first-order chi connectivity index (χ1) is 15.5. The zero-order valence-electron chi connectivity index (χ0n) is 17.8. The van der Waals surface area contributed by atoms with Gasteiger partial charge in [0.2, 0.25) is 11.8 Å². The molecule has 2 saturated carbocycles. The average molecular weight is 459 g/mol. The molecule has 7 nitrogen and oxygen atoms in total. The molecule has 2 N–H and O–H groups in total. The maximum atomic E-state index is 13.2. The number of carbonyl (C=O) groups is 3. The van der Waals surface area contributed by atoms with Gasteiger partial charge in [-0.3, -0.25) is 14.4 Å². The highest BCUT2D eigenvalue weighted by molar-refractivity contribution is 7.13. The minimum Gasteiger partial charge on any atom is -0.353 e. The van der Waals surface area contributed by atoms with Crippen LogP contribution in [0.4, 0.5) is 9.52 Å². The topological polar surface area (TPSA) is 91.4 Å². The lowest BCUT2D eigenvalue weighted by molar-refractivity contribution is -0.121. The normalized spacial score (nSPS) is 16.4. The minimum atomic E-state index is -0.413. The highest BCUT2D eigenvalue weighted by Gasteiger charge is 2.34. The van der Waals surface area contributed by atoms with Crippen LogP contribution < -0.4 is 10.6 Å². The predicted octanol–water partition coefficient (Wildman–Crippen LogP) is 3.52. The maximum Gasteiger partial charge on any atom is 0.254 e. The molecule has 1 aromatic carbocycles. The van der Waals surface area contributed by atoms with E-state index in [-0.39, 0.29) is 42.8 Å². The van der Waals surface area contributed by atoms with E-state index >= 15 is 0 Å². The van der Waals surface area contributed by atoms with E-state index in [1.165, 1.54) is 46.9 Å². The van der Waals surface area contributed by atoms with Crippen molar-refractivity contribution >= 4 is 34.2 Å². The van der Waals surface area contributed by atoms with Crippen molar-refractivity contribution in [1.29, 1.82) is 0 Å². The maximum absolute atomic E-state index is 13.2. The van der Waals surface area contributed by atoms with E-state index in [2.05, 4.69) is 15.6 Å². The van der Waals surface area contributed by atoms with E-state index in [1.807, 2.05) is 0 Å². The average Bonchev–Trinajstić information content (AvgIpc) is 3.53. The molecule has 2 aliphatic rings. The van der Waals surface area contributed by atoms with E-state index in [1.54, 1.807) is 5.38 Å². The molecule has 0 saturated heterocycles. The Morgan fingerprint density at radius 3 is 2.44 bits per heavy atom. The second-order valence-corrected chi connectivity index (χ2v) is 9.30. The number of benzene rings is 1. The Morgan fingerprint density at radius 1 is 1.03 bits per heavy atom. The van der Waals surface area contributed by atoms with Gasteiger partial charge in [0.25, 0.3) is 5.91 Å². The second kappa shape index (κ2) is 10.2. The number of hydrogen-bond donors (Lipinski definition) is 2. The molecule has 2 aromatic rings. The number of halogens is 1. The third-order valence-electron chi connectivity index (χ3n) is 5.76. The Balaban J connectivity index is 1.29. The number of nitrogens with one attached hydrogen (secondary N) is 2. The summed E-state index contributed by atoms with van der Waals surface area (Å²) in [6.45, 7) is -0.0993. The van der Waals surface area contributed by atoms with Crippen LogP contribution >= 0.6 is 11.3 Å². The zero-order valence-corrected chi connectivity index (χ0v) is 18.6. The number of amides is 3. The summed E-state index contributed by atoms with van der Waals surface area (Å²) < 4.78 is 13.2. The quantitative estimate of drug-likeness (QED) is 0.633. The summed E-state index contributed by atoms with van der Waals surface area (Å²) in [5.74, 6) is -1.10. The lowest BCUT2D eigenvalue weighted by Crippen LogP contribution is -2.39. The smallest absolute Gasteiger partial charge is 0.254 e. The zero-order chi connectivity index (χ0) is 22.5. The van der Waals surface area contributed by atoms with Gasteiger partial charge >= 0.3 is 0 Å². The highest BCUT2D eigenvalue weighted by atomic mass is 32.1. The Bertz CT molecular complexity index is 968. The first-order valence-electron chi connectivity index (χ1n) is 11.1. The van der Waals surface area contributed by atoms with Gasteiger partial charge in [0.15, 0.2) is 5.13 Å². The molecule has 2 fully saturated rings. The van der Waals surface area contributed by atoms with Crippen molar-refractivity contribution < 1.29 is 18.8 Å². The van der Waals surface area contributed by atoms with E-state index in [0.717, 1.165) is 38.5 Å². The van der Waals surface area contributed by atoms with Gasteiger partial charge in [-0.25, -0.2) is 9.37 Å². The van der Waals surface area contributed by atoms with Crippen molar-refractivity contribution in [2.75, 3.05) is 11.9 Å². The fraction of sp³-hybridized carbons (Fsp3) is 0.478. The van der Waals surface area contributed by atoms with Crippen molar-refractivity contribution in [3.63, 3.8) is 0 Å². The Labute approximate surface area is 190 Å². The largest absolute Gasteiger partial charge is 0.353 e. The summed E-state index contributed by atoms with van der Waals surface area (Å²) in [5, 5.41) is 7.96. The van der Waals surface area contributed by atoms with Crippen LogP contribution in [0.5, 0.6) is 0 Å². The molecule has 2 aliphatic carbocycles. The van der Waals surface area contributed by atoms with E-state index in [0.29, 0.717) is 16.4 Å². The van der Waals surface area contributed by atoms with Crippen LogP contribution in [0.2, 0.25) is 0 Å². The Hall–Kier alpha value is -2.81. The second-order valence-electron chi connectivity index (χ2n) is 8.44. The van der Waals surface area contributed by atoms with Crippen LogP contribution in [0, 0.1) is 5.82 Å². The third-order valence-corrected chi connectivity index (χ3v) is 6.57. The third kappa shape index (κ3) is 6.12. The van der Waals surface area contributed by atoms with Crippen molar-refractivity contribution in [2.45, 2.75) is 63.5 Å². The first-order valence-corrected chi connectivity index (χ1v) is 12.0. The van der Waals surface area contributed by atoms with Crippen molar-refractivity contribution in [3.8, 4) is 0 Å². The van der Waals surface area contributed by atoms with Gasteiger partial charge in [-0.1, -0.05) is 19.3 Å². The molecule has 1 aromatic heterocycles. The van der Waals surface area contributed by atoms with E-state index < -0.39 is 5.82 Å². The van der Waals surface area contributed by atoms with Gasteiger partial charge in [0.05, 0.1) is 12.1 Å². The number of carbonyl (C=O) groups excluding carboxylic acids is 3. The van der Waals surface area contributed by atoms with Gasteiger partial charge in [-0.05, 0) is 49.9 Å². The van der Waals surface area contributed by atoms with Crippen LogP contribution in [0.15, 0.2) is 29.6 Å². The molecule has 32 heavy (non-hydrogen) atoms. The lowest BCUT2D eigenvalue weighted by atomic mass is 9.95. The number of aromatic nitrogens is 1. The molecule has 0 unspecified atom stereocenters. The number of hydrogen-bond acceptors (Lipinski definition) is 5. The van der Waals surface area contributed by atoms with Crippen molar-refractivity contribution in [1.82, 2.24) is 15.2 Å². The summed E-state index contributed by atoms with van der Waals surface area (Å²) in [4.78, 5) is 43.5. The molecule has 0 aliphatic heterocycles. The van der Waals surface area contributed by atoms with Gasteiger partial charge in [0.1, 0.15) is 12.4 Å². The van der Waals surface area contributed by atoms with Crippen LogP contribution in [-0.4, -0.2) is 46.2 Å². The Kier molecular flexibility index (Phi) is 7.14. The predicted molar refractivity (Wildman–Crippen MR) is 120 cm³/mol. The van der Waals surface area contributed by atoms with Crippen LogP contribution in [0.25, 0.3) is 0 Å². The number of rotatable bonds is 8. The highest BCUT2D eigenvalue weighted by Crippen LogP contribution is 2.28. The van der Waals surface area contributed by atoms with Crippen LogP contribution in [0.3, 0.4) is 0 Å². The summed E-state index contributed by atoms with van der Waals surface area (Å²) in [7, 11) is 0. The summed E-state index contributed by atoms with van der Waals surface area (Å²) in [6.07, 6.45) is 7.46. The monoisotopic (exact) mass is 458 g/mol. The SMILES string of the molecule is O=C(CN(C(=O)c1ccc(F)cc1)C1CC1)Nc1nc(CC(=O)NC2CCCCC2)cs1. The standard InChI is InChI=1S/C23H27FN4O3S/c24-16-8-6-15(7-9-16)22(31)28(19-10-11-19)13-21(30)27-23-26-18(14-32-23)12-20(29)25-17-4-2-1-3-5-17/h6-9,14,17,19H,1-5,10-13H2,(H,25,29)(H,26,27,30). The van der Waals surface area contributed by atoms with Crippen molar-refractivity contribution in [2.24, 2.45) is 0 Å². The molecule has 0 radical (unpaired) electrons. The van der Waals surface area contributed by atoms with Gasteiger partial charge in [-0.15, -0.1) is 11.3 Å². The molecule has 170 valence electrons. The number of nitrogens with zero attached hydrogens (tertiary/aromatic N) is 2. The molecule has 0 bridgehead atoms. The molecule has 3 amide bonds. The lowest BCUT2D eigenvalue weighted by Gasteiger charge is -2.22. The van der Waals surface area contributed by atoms with Crippen molar-refractivity contribution in [3.05, 3.63) is 46.7 Å². The first kappa shape index (κ1) is 22.4. The van der Waals surface area contributed by atoms with Gasteiger partial charge in [-0.2, -0.15) is 0 Å². The summed E-state index contributed by atoms with van der Waals surface area (Å²) >= 11 is 1.26. The molecule has 4 rings (SSSR count). The molecular formula is C23H27FN4O3S. The molecule has 0 atom stereocenters. The minimum absolute atomic E-state index is 0.0219. The van der Waals surface area contributed by atoms with E-state index in [4.69, 9.17) is 0 Å². The molecule has 1 heterocycles. The summed E-state index contributed by atoms with van der Waals surface area (Å²) in [5.41, 5.74) is 0.965. The molecule has 0 spiro atoms.